The highest BCUT2D eigenvalue weighted by molar-refractivity contribution is 5.81. The number of aliphatic carboxylic acids is 1. The van der Waals surface area contributed by atoms with E-state index in [1.165, 1.54) is 12.1 Å². The maximum Gasteiger partial charge on any atom is 0.328 e. The topological polar surface area (TPSA) is 86.8 Å². The Morgan fingerprint density at radius 1 is 1.35 bits per heavy atom. The third kappa shape index (κ3) is 1.98. The SMILES string of the molecule is NC(C(=O)O)(c1cccc(O)c1)[C@H]1CN2CCC1CC2. The molecule has 3 aliphatic heterocycles. The molecule has 4 N–H and O–H groups in total. The van der Waals surface area contributed by atoms with Crippen LogP contribution in [0.4, 0.5) is 0 Å². The van der Waals surface area contributed by atoms with Crippen molar-refractivity contribution in [3.05, 3.63) is 29.8 Å². The van der Waals surface area contributed by atoms with E-state index >= 15 is 0 Å². The summed E-state index contributed by atoms with van der Waals surface area (Å²) in [6.45, 7) is 2.80. The average molecular weight is 276 g/mol. The van der Waals surface area contributed by atoms with Gasteiger partial charge in [-0.3, -0.25) is 0 Å². The lowest BCUT2D eigenvalue weighted by Crippen LogP contribution is -2.61. The number of piperidine rings is 3. The highest BCUT2D eigenvalue weighted by Crippen LogP contribution is 2.42. The fourth-order valence-corrected chi connectivity index (χ4v) is 3.74. The van der Waals surface area contributed by atoms with Crippen molar-refractivity contribution in [2.75, 3.05) is 19.6 Å². The Bertz CT molecular complexity index is 526. The van der Waals surface area contributed by atoms with Gasteiger partial charge in [-0.25, -0.2) is 4.79 Å². The lowest BCUT2D eigenvalue weighted by molar-refractivity contribution is -0.150. The Morgan fingerprint density at radius 3 is 2.55 bits per heavy atom. The molecule has 1 aromatic carbocycles. The Morgan fingerprint density at radius 2 is 2.05 bits per heavy atom. The monoisotopic (exact) mass is 276 g/mol. The predicted molar refractivity (Wildman–Crippen MR) is 74.3 cm³/mol. The van der Waals surface area contributed by atoms with Crippen LogP contribution < -0.4 is 5.73 Å². The van der Waals surface area contributed by atoms with Crippen molar-refractivity contribution in [2.24, 2.45) is 17.6 Å². The molecule has 0 radical (unpaired) electrons. The second-order valence-electron chi connectivity index (χ2n) is 5.97. The van der Waals surface area contributed by atoms with E-state index in [4.69, 9.17) is 5.73 Å². The summed E-state index contributed by atoms with van der Waals surface area (Å²) < 4.78 is 0. The van der Waals surface area contributed by atoms with E-state index in [1.807, 2.05) is 0 Å². The lowest BCUT2D eigenvalue weighted by atomic mass is 9.66. The zero-order valence-corrected chi connectivity index (χ0v) is 11.3. The van der Waals surface area contributed by atoms with E-state index in [1.54, 1.807) is 12.1 Å². The van der Waals surface area contributed by atoms with Crippen molar-refractivity contribution < 1.29 is 15.0 Å². The minimum atomic E-state index is -1.43. The molecule has 1 unspecified atom stereocenters. The molecular weight excluding hydrogens is 256 g/mol. The van der Waals surface area contributed by atoms with E-state index in [0.717, 1.165) is 32.5 Å². The number of nitrogens with zero attached hydrogens (tertiary/aromatic N) is 1. The van der Waals surface area contributed by atoms with Gasteiger partial charge in [-0.05, 0) is 49.5 Å². The molecule has 2 bridgehead atoms. The molecule has 0 aliphatic carbocycles. The number of hydrogen-bond donors (Lipinski definition) is 3. The number of phenolic OH excluding ortho intramolecular Hbond substituents is 1. The van der Waals surface area contributed by atoms with Crippen molar-refractivity contribution in [1.82, 2.24) is 4.90 Å². The number of nitrogens with two attached hydrogens (primary N) is 1. The van der Waals surface area contributed by atoms with Crippen LogP contribution in [0.15, 0.2) is 24.3 Å². The smallest absolute Gasteiger partial charge is 0.328 e. The van der Waals surface area contributed by atoms with Crippen LogP contribution >= 0.6 is 0 Å². The molecular formula is C15H20N2O3. The van der Waals surface area contributed by atoms with Gasteiger partial charge in [0.05, 0.1) is 0 Å². The number of fused-ring (bicyclic) bond motifs is 3. The number of aromatic hydroxyl groups is 1. The summed E-state index contributed by atoms with van der Waals surface area (Å²) in [5.41, 5.74) is 5.42. The van der Waals surface area contributed by atoms with Crippen molar-refractivity contribution in [3.63, 3.8) is 0 Å². The summed E-state index contributed by atoms with van der Waals surface area (Å²) in [6, 6.07) is 6.36. The van der Waals surface area contributed by atoms with E-state index in [2.05, 4.69) is 4.90 Å². The zero-order valence-electron chi connectivity index (χ0n) is 11.3. The summed E-state index contributed by atoms with van der Waals surface area (Å²) in [7, 11) is 0. The highest BCUT2D eigenvalue weighted by Gasteiger charge is 2.51. The van der Waals surface area contributed by atoms with Crippen LogP contribution in [0.25, 0.3) is 0 Å². The summed E-state index contributed by atoms with van der Waals surface area (Å²) >= 11 is 0. The summed E-state index contributed by atoms with van der Waals surface area (Å²) in [5, 5.41) is 19.4. The van der Waals surface area contributed by atoms with Crippen molar-refractivity contribution in [1.29, 1.82) is 0 Å². The number of carboxylic acids is 1. The summed E-state index contributed by atoms with van der Waals surface area (Å²) in [4.78, 5) is 14.2. The number of carboxylic acid groups (broad SMARTS) is 1. The number of rotatable bonds is 3. The molecule has 0 saturated carbocycles. The molecule has 0 amide bonds. The third-order valence-electron chi connectivity index (χ3n) is 4.92. The van der Waals surface area contributed by atoms with Gasteiger partial charge < -0.3 is 20.8 Å². The number of carbonyl (C=O) groups is 1. The number of phenols is 1. The van der Waals surface area contributed by atoms with Crippen LogP contribution in [0.2, 0.25) is 0 Å². The van der Waals surface area contributed by atoms with Gasteiger partial charge in [0.15, 0.2) is 0 Å². The Hall–Kier alpha value is -1.59. The number of hydrogen-bond acceptors (Lipinski definition) is 4. The van der Waals surface area contributed by atoms with E-state index in [9.17, 15) is 15.0 Å². The molecule has 4 rings (SSSR count). The molecule has 0 spiro atoms. The van der Waals surface area contributed by atoms with Gasteiger partial charge in [-0.15, -0.1) is 0 Å². The normalized spacial score (nSPS) is 31.8. The Balaban J connectivity index is 2.02. The van der Waals surface area contributed by atoms with Crippen LogP contribution in [-0.2, 0) is 10.3 Å². The van der Waals surface area contributed by atoms with Crippen molar-refractivity contribution in [3.8, 4) is 5.75 Å². The molecule has 20 heavy (non-hydrogen) atoms. The molecule has 5 heteroatoms. The average Bonchev–Trinajstić information content (AvgIpc) is 2.47. The highest BCUT2D eigenvalue weighted by atomic mass is 16.4. The molecule has 3 aliphatic rings. The summed E-state index contributed by atoms with van der Waals surface area (Å²) in [6.07, 6.45) is 2.02. The van der Waals surface area contributed by atoms with Crippen LogP contribution in [0, 0.1) is 11.8 Å². The van der Waals surface area contributed by atoms with Gasteiger partial charge in [0, 0.05) is 12.5 Å². The standard InChI is InChI=1S/C15H20N2O3/c16-15(14(19)20,11-2-1-3-12(18)8-11)13-9-17-6-4-10(13)5-7-17/h1-3,8,10,13,18H,4-7,9,16H2,(H,19,20)/t13-,15?/m0/s1. The fourth-order valence-electron chi connectivity index (χ4n) is 3.74. The van der Waals surface area contributed by atoms with Crippen LogP contribution in [0.1, 0.15) is 18.4 Å². The molecule has 2 atom stereocenters. The molecule has 3 heterocycles. The largest absolute Gasteiger partial charge is 0.508 e. The van der Waals surface area contributed by atoms with Gasteiger partial charge in [0.25, 0.3) is 0 Å². The van der Waals surface area contributed by atoms with E-state index in [0.29, 0.717) is 11.5 Å². The van der Waals surface area contributed by atoms with Crippen LogP contribution in [0.3, 0.4) is 0 Å². The fraction of sp³-hybridized carbons (Fsp3) is 0.533. The molecule has 0 aromatic heterocycles. The molecule has 5 nitrogen and oxygen atoms in total. The maximum atomic E-state index is 11.9. The Labute approximate surface area is 118 Å². The first-order valence-electron chi connectivity index (χ1n) is 7.06. The zero-order chi connectivity index (χ0) is 14.3. The van der Waals surface area contributed by atoms with Gasteiger partial charge >= 0.3 is 5.97 Å². The van der Waals surface area contributed by atoms with Gasteiger partial charge in [0.2, 0.25) is 0 Å². The first-order valence-corrected chi connectivity index (χ1v) is 7.06. The van der Waals surface area contributed by atoms with Crippen LogP contribution in [0.5, 0.6) is 5.75 Å². The lowest BCUT2D eigenvalue weighted by Gasteiger charge is -2.50. The first kappa shape index (κ1) is 13.4. The molecule has 3 saturated heterocycles. The van der Waals surface area contributed by atoms with Crippen molar-refractivity contribution >= 4 is 5.97 Å². The minimum Gasteiger partial charge on any atom is -0.508 e. The van der Waals surface area contributed by atoms with E-state index < -0.39 is 11.5 Å². The van der Waals surface area contributed by atoms with Crippen molar-refractivity contribution in [2.45, 2.75) is 18.4 Å². The minimum absolute atomic E-state index is 0.0554. The second kappa shape index (κ2) is 4.75. The summed E-state index contributed by atoms with van der Waals surface area (Å²) in [5.74, 6) is -0.713. The van der Waals surface area contributed by atoms with Gasteiger partial charge in [-0.2, -0.15) is 0 Å². The molecule has 3 fully saturated rings. The maximum absolute atomic E-state index is 11.9. The quantitative estimate of drug-likeness (QED) is 0.766. The van der Waals surface area contributed by atoms with Gasteiger partial charge in [0.1, 0.15) is 11.3 Å². The van der Waals surface area contributed by atoms with Gasteiger partial charge in [-0.1, -0.05) is 12.1 Å². The third-order valence-corrected chi connectivity index (χ3v) is 4.92. The first-order chi connectivity index (χ1) is 9.51. The Kier molecular flexibility index (Phi) is 3.18. The van der Waals surface area contributed by atoms with Crippen LogP contribution in [-0.4, -0.2) is 40.7 Å². The predicted octanol–water partition coefficient (Wildman–Crippen LogP) is 0.973. The molecule has 1 aromatic rings. The second-order valence-corrected chi connectivity index (χ2v) is 5.97. The molecule has 108 valence electrons. The number of benzene rings is 1. The van der Waals surface area contributed by atoms with E-state index in [-0.39, 0.29) is 11.7 Å².